The molecule has 1 unspecified atom stereocenters. The number of nitrogens with zero attached hydrogens (tertiary/aromatic N) is 3. The van der Waals surface area contributed by atoms with E-state index in [1.165, 1.54) is 6.33 Å². The van der Waals surface area contributed by atoms with Crippen molar-refractivity contribution in [2.45, 2.75) is 46.1 Å². The highest BCUT2D eigenvalue weighted by molar-refractivity contribution is 5.63. The standard InChI is InChI=1S/C13H24N4O/c1-5-7-8-17(10(3)6-2)13-11(18-4)12(14)15-9-16-13/h9-10H,5-8H2,1-4H3,(H2,14,15,16). The molecule has 5 heteroatoms. The van der Waals surface area contributed by atoms with E-state index in [2.05, 4.69) is 35.6 Å². The molecule has 0 saturated heterocycles. The van der Waals surface area contributed by atoms with Gasteiger partial charge in [0.2, 0.25) is 5.75 Å². The highest BCUT2D eigenvalue weighted by Crippen LogP contribution is 2.31. The van der Waals surface area contributed by atoms with Crippen molar-refractivity contribution in [2.75, 3.05) is 24.3 Å². The highest BCUT2D eigenvalue weighted by atomic mass is 16.5. The lowest BCUT2D eigenvalue weighted by Crippen LogP contribution is -2.34. The third-order valence-electron chi connectivity index (χ3n) is 3.16. The van der Waals surface area contributed by atoms with Crippen LogP contribution >= 0.6 is 0 Å². The Morgan fingerprint density at radius 3 is 2.67 bits per heavy atom. The van der Waals surface area contributed by atoms with Crippen LogP contribution in [0.15, 0.2) is 6.33 Å². The van der Waals surface area contributed by atoms with Crippen molar-refractivity contribution in [3.05, 3.63) is 6.33 Å². The monoisotopic (exact) mass is 252 g/mol. The maximum Gasteiger partial charge on any atom is 0.204 e. The molecule has 0 aliphatic rings. The second-order valence-electron chi connectivity index (χ2n) is 4.42. The molecule has 102 valence electrons. The molecule has 0 fully saturated rings. The number of nitrogens with two attached hydrogens (primary N) is 1. The summed E-state index contributed by atoms with van der Waals surface area (Å²) in [5.74, 6) is 1.77. The molecule has 1 heterocycles. The third-order valence-corrected chi connectivity index (χ3v) is 3.16. The number of ether oxygens (including phenoxy) is 1. The molecule has 0 amide bonds. The van der Waals surface area contributed by atoms with Gasteiger partial charge >= 0.3 is 0 Å². The maximum absolute atomic E-state index is 5.84. The van der Waals surface area contributed by atoms with Gasteiger partial charge in [0, 0.05) is 12.6 Å². The molecule has 0 aliphatic heterocycles. The Bertz CT molecular complexity index is 370. The Hall–Kier alpha value is -1.52. The van der Waals surface area contributed by atoms with Crippen LogP contribution in [0.2, 0.25) is 0 Å². The van der Waals surface area contributed by atoms with E-state index in [-0.39, 0.29) is 0 Å². The Kier molecular flexibility index (Phi) is 5.68. The topological polar surface area (TPSA) is 64.3 Å². The average molecular weight is 252 g/mol. The molecule has 1 aromatic rings. The van der Waals surface area contributed by atoms with Gasteiger partial charge < -0.3 is 15.4 Å². The predicted molar refractivity (Wildman–Crippen MR) is 75.0 cm³/mol. The maximum atomic E-state index is 5.84. The van der Waals surface area contributed by atoms with Gasteiger partial charge in [-0.3, -0.25) is 0 Å². The molecule has 1 aromatic heterocycles. The molecule has 0 radical (unpaired) electrons. The van der Waals surface area contributed by atoms with Crippen LogP contribution in [-0.2, 0) is 0 Å². The number of rotatable bonds is 7. The largest absolute Gasteiger partial charge is 0.490 e. The summed E-state index contributed by atoms with van der Waals surface area (Å²) < 4.78 is 5.34. The van der Waals surface area contributed by atoms with Gasteiger partial charge in [0.15, 0.2) is 11.6 Å². The molecule has 18 heavy (non-hydrogen) atoms. The van der Waals surface area contributed by atoms with Crippen LogP contribution in [0.4, 0.5) is 11.6 Å². The fourth-order valence-electron chi connectivity index (χ4n) is 1.86. The normalized spacial score (nSPS) is 12.2. The molecule has 5 nitrogen and oxygen atoms in total. The Labute approximate surface area is 109 Å². The second-order valence-corrected chi connectivity index (χ2v) is 4.42. The lowest BCUT2D eigenvalue weighted by atomic mass is 10.2. The Balaban J connectivity index is 3.07. The van der Waals surface area contributed by atoms with Gasteiger partial charge in [-0.2, -0.15) is 0 Å². The van der Waals surface area contributed by atoms with Crippen LogP contribution in [-0.4, -0.2) is 29.7 Å². The minimum Gasteiger partial charge on any atom is -0.490 e. The highest BCUT2D eigenvalue weighted by Gasteiger charge is 2.20. The van der Waals surface area contributed by atoms with E-state index in [0.717, 1.165) is 31.6 Å². The van der Waals surface area contributed by atoms with E-state index < -0.39 is 0 Å². The van der Waals surface area contributed by atoms with Gasteiger partial charge in [0.05, 0.1) is 7.11 Å². The zero-order chi connectivity index (χ0) is 13.5. The molecular weight excluding hydrogens is 228 g/mol. The lowest BCUT2D eigenvalue weighted by Gasteiger charge is -2.30. The van der Waals surface area contributed by atoms with E-state index in [4.69, 9.17) is 10.5 Å². The van der Waals surface area contributed by atoms with Crippen LogP contribution < -0.4 is 15.4 Å². The molecule has 0 saturated carbocycles. The minimum absolute atomic E-state index is 0.396. The number of methoxy groups -OCH3 is 1. The van der Waals surface area contributed by atoms with Crippen molar-refractivity contribution in [1.82, 2.24) is 9.97 Å². The second kappa shape index (κ2) is 7.03. The molecule has 0 spiro atoms. The quantitative estimate of drug-likeness (QED) is 0.807. The van der Waals surface area contributed by atoms with Crippen LogP contribution in [0.3, 0.4) is 0 Å². The van der Waals surface area contributed by atoms with Gasteiger partial charge in [-0.1, -0.05) is 20.3 Å². The van der Waals surface area contributed by atoms with Crippen LogP contribution in [0, 0.1) is 0 Å². The molecule has 0 aliphatic carbocycles. The first-order valence-electron chi connectivity index (χ1n) is 6.56. The van der Waals surface area contributed by atoms with Crippen molar-refractivity contribution in [3.63, 3.8) is 0 Å². The summed E-state index contributed by atoms with van der Waals surface area (Å²) in [6, 6.07) is 0.403. The summed E-state index contributed by atoms with van der Waals surface area (Å²) in [6.07, 6.45) is 4.82. The number of unbranched alkanes of at least 4 members (excludes halogenated alkanes) is 1. The van der Waals surface area contributed by atoms with Crippen molar-refractivity contribution < 1.29 is 4.74 Å². The molecule has 0 bridgehead atoms. The Morgan fingerprint density at radius 1 is 1.39 bits per heavy atom. The summed E-state index contributed by atoms with van der Waals surface area (Å²) in [5.41, 5.74) is 5.84. The summed E-state index contributed by atoms with van der Waals surface area (Å²) in [5, 5.41) is 0. The van der Waals surface area contributed by atoms with Gasteiger partial charge in [0.25, 0.3) is 0 Å². The van der Waals surface area contributed by atoms with Gasteiger partial charge in [-0.25, -0.2) is 9.97 Å². The first-order chi connectivity index (χ1) is 8.65. The number of nitrogen functional groups attached to an aromatic ring is 1. The average Bonchev–Trinajstić information content (AvgIpc) is 2.39. The predicted octanol–water partition coefficient (Wildman–Crippen LogP) is 2.47. The van der Waals surface area contributed by atoms with Crippen LogP contribution in [0.25, 0.3) is 0 Å². The van der Waals surface area contributed by atoms with E-state index in [0.29, 0.717) is 17.6 Å². The Morgan fingerprint density at radius 2 is 2.11 bits per heavy atom. The number of hydrogen-bond acceptors (Lipinski definition) is 5. The first-order valence-corrected chi connectivity index (χ1v) is 6.56. The number of aromatic nitrogens is 2. The van der Waals surface area contributed by atoms with Crippen molar-refractivity contribution in [3.8, 4) is 5.75 Å². The molecule has 0 aromatic carbocycles. The zero-order valence-electron chi connectivity index (χ0n) is 11.8. The summed E-state index contributed by atoms with van der Waals surface area (Å²) in [4.78, 5) is 10.6. The lowest BCUT2D eigenvalue weighted by molar-refractivity contribution is 0.410. The molecule has 1 atom stereocenters. The van der Waals surface area contributed by atoms with E-state index in [1.807, 2.05) is 0 Å². The smallest absolute Gasteiger partial charge is 0.204 e. The summed E-state index contributed by atoms with van der Waals surface area (Å²) in [6.45, 7) is 7.49. The zero-order valence-corrected chi connectivity index (χ0v) is 11.8. The fourth-order valence-corrected chi connectivity index (χ4v) is 1.86. The van der Waals surface area contributed by atoms with E-state index in [9.17, 15) is 0 Å². The number of hydrogen-bond donors (Lipinski definition) is 1. The van der Waals surface area contributed by atoms with Gasteiger partial charge in [-0.15, -0.1) is 0 Å². The summed E-state index contributed by atoms with van der Waals surface area (Å²) >= 11 is 0. The van der Waals surface area contributed by atoms with Gasteiger partial charge in [-0.05, 0) is 19.8 Å². The summed E-state index contributed by atoms with van der Waals surface area (Å²) in [7, 11) is 1.60. The van der Waals surface area contributed by atoms with Crippen LogP contribution in [0.5, 0.6) is 5.75 Å². The van der Waals surface area contributed by atoms with Crippen LogP contribution in [0.1, 0.15) is 40.0 Å². The van der Waals surface area contributed by atoms with E-state index >= 15 is 0 Å². The first kappa shape index (κ1) is 14.5. The van der Waals surface area contributed by atoms with Crippen molar-refractivity contribution in [2.24, 2.45) is 0 Å². The third kappa shape index (κ3) is 3.24. The fraction of sp³-hybridized carbons (Fsp3) is 0.692. The minimum atomic E-state index is 0.396. The van der Waals surface area contributed by atoms with Crippen molar-refractivity contribution in [1.29, 1.82) is 0 Å². The SMILES string of the molecule is CCCCN(c1ncnc(N)c1OC)C(C)CC. The van der Waals surface area contributed by atoms with Gasteiger partial charge in [0.1, 0.15) is 6.33 Å². The molecule has 1 rings (SSSR count). The molecule has 2 N–H and O–H groups in total. The van der Waals surface area contributed by atoms with E-state index in [1.54, 1.807) is 7.11 Å². The molecular formula is C13H24N4O. The van der Waals surface area contributed by atoms with Crippen molar-refractivity contribution >= 4 is 11.6 Å². The number of anilines is 2.